The molecule has 0 radical (unpaired) electrons. The van der Waals surface area contributed by atoms with Gasteiger partial charge in [0, 0.05) is 24.9 Å². The third-order valence-electron chi connectivity index (χ3n) is 3.70. The summed E-state index contributed by atoms with van der Waals surface area (Å²) in [7, 11) is 0. The highest BCUT2D eigenvalue weighted by atomic mass is 16.3. The molecular formula is C15H18N2O. The van der Waals surface area contributed by atoms with Crippen molar-refractivity contribution in [3.8, 4) is 5.75 Å². The third kappa shape index (κ3) is 2.13. The Labute approximate surface area is 107 Å². The molecule has 18 heavy (non-hydrogen) atoms. The Balaban J connectivity index is 1.86. The van der Waals surface area contributed by atoms with Gasteiger partial charge in [-0.15, -0.1) is 0 Å². The first-order chi connectivity index (χ1) is 8.72. The van der Waals surface area contributed by atoms with Crippen molar-refractivity contribution in [2.45, 2.75) is 32.7 Å². The second kappa shape index (κ2) is 4.48. The second-order valence-corrected chi connectivity index (χ2v) is 5.26. The van der Waals surface area contributed by atoms with Gasteiger partial charge in [0.25, 0.3) is 0 Å². The molecule has 3 nitrogen and oxygen atoms in total. The Hall–Kier alpha value is -1.77. The summed E-state index contributed by atoms with van der Waals surface area (Å²) in [6.45, 7) is 3.37. The van der Waals surface area contributed by atoms with Crippen molar-refractivity contribution < 1.29 is 5.11 Å². The van der Waals surface area contributed by atoms with Crippen LogP contribution in [-0.2, 0) is 19.4 Å². The van der Waals surface area contributed by atoms with Crippen molar-refractivity contribution in [1.82, 2.24) is 9.55 Å². The Morgan fingerprint density at radius 3 is 3.17 bits per heavy atom. The van der Waals surface area contributed by atoms with Crippen LogP contribution < -0.4 is 0 Å². The van der Waals surface area contributed by atoms with E-state index in [2.05, 4.69) is 16.5 Å². The summed E-state index contributed by atoms with van der Waals surface area (Å²) in [5.41, 5.74) is 2.46. The smallest absolute Gasteiger partial charge is 0.115 e. The number of aromatic nitrogens is 2. The molecule has 1 unspecified atom stereocenters. The molecule has 0 amide bonds. The van der Waals surface area contributed by atoms with Crippen LogP contribution in [0.4, 0.5) is 0 Å². The summed E-state index contributed by atoms with van der Waals surface area (Å²) in [5.74, 6) is 2.21. The van der Waals surface area contributed by atoms with Crippen LogP contribution in [-0.4, -0.2) is 14.7 Å². The standard InChI is InChI=1S/C15H18N2O/c1-11-5-6-17-13(7-11)10-16-15(17)9-12-3-2-4-14(18)8-12/h2-4,8,10-11,18H,5-7,9H2,1H3. The summed E-state index contributed by atoms with van der Waals surface area (Å²) >= 11 is 0. The molecule has 1 aliphatic heterocycles. The van der Waals surface area contributed by atoms with Crippen LogP contribution in [0.3, 0.4) is 0 Å². The van der Waals surface area contributed by atoms with Crippen LogP contribution >= 0.6 is 0 Å². The number of hydrogen-bond acceptors (Lipinski definition) is 2. The maximum atomic E-state index is 9.49. The van der Waals surface area contributed by atoms with Gasteiger partial charge in [0.05, 0.1) is 0 Å². The molecule has 3 rings (SSSR count). The molecule has 0 aliphatic carbocycles. The molecule has 0 fully saturated rings. The number of phenols is 1. The van der Waals surface area contributed by atoms with Crippen molar-refractivity contribution in [2.75, 3.05) is 0 Å². The van der Waals surface area contributed by atoms with Crippen LogP contribution in [0.25, 0.3) is 0 Å². The van der Waals surface area contributed by atoms with E-state index < -0.39 is 0 Å². The fraction of sp³-hybridized carbons (Fsp3) is 0.400. The average molecular weight is 242 g/mol. The maximum absolute atomic E-state index is 9.49. The zero-order valence-corrected chi connectivity index (χ0v) is 10.6. The minimum atomic E-state index is 0.326. The van der Waals surface area contributed by atoms with Gasteiger partial charge in [-0.2, -0.15) is 0 Å². The first kappa shape index (κ1) is 11.3. The number of phenolic OH excluding ortho intramolecular Hbond substituents is 1. The molecule has 1 atom stereocenters. The van der Waals surface area contributed by atoms with Crippen molar-refractivity contribution in [2.24, 2.45) is 5.92 Å². The first-order valence-electron chi connectivity index (χ1n) is 6.53. The van der Waals surface area contributed by atoms with Crippen molar-refractivity contribution in [3.63, 3.8) is 0 Å². The molecule has 1 aromatic carbocycles. The quantitative estimate of drug-likeness (QED) is 0.879. The molecule has 0 bridgehead atoms. The van der Waals surface area contributed by atoms with E-state index in [1.165, 1.54) is 12.1 Å². The van der Waals surface area contributed by atoms with E-state index in [-0.39, 0.29) is 0 Å². The van der Waals surface area contributed by atoms with Crippen LogP contribution in [0, 0.1) is 5.92 Å². The predicted molar refractivity (Wildman–Crippen MR) is 70.6 cm³/mol. The highest BCUT2D eigenvalue weighted by molar-refractivity contribution is 5.29. The fourth-order valence-corrected chi connectivity index (χ4v) is 2.69. The van der Waals surface area contributed by atoms with E-state index in [9.17, 15) is 5.11 Å². The fourth-order valence-electron chi connectivity index (χ4n) is 2.69. The predicted octanol–water partition coefficient (Wildman–Crippen LogP) is 2.76. The van der Waals surface area contributed by atoms with E-state index in [1.807, 2.05) is 24.4 Å². The highest BCUT2D eigenvalue weighted by Gasteiger charge is 2.18. The van der Waals surface area contributed by atoms with Gasteiger partial charge < -0.3 is 9.67 Å². The van der Waals surface area contributed by atoms with Gasteiger partial charge in [-0.1, -0.05) is 19.1 Å². The Morgan fingerprint density at radius 1 is 1.44 bits per heavy atom. The minimum Gasteiger partial charge on any atom is -0.508 e. The number of nitrogens with zero attached hydrogens (tertiary/aromatic N) is 2. The van der Waals surface area contributed by atoms with E-state index >= 15 is 0 Å². The number of hydrogen-bond donors (Lipinski definition) is 1. The molecule has 2 aromatic rings. The molecule has 1 N–H and O–H groups in total. The van der Waals surface area contributed by atoms with E-state index in [1.54, 1.807) is 6.07 Å². The summed E-state index contributed by atoms with van der Waals surface area (Å²) in [5, 5.41) is 9.49. The number of rotatable bonds is 2. The number of fused-ring (bicyclic) bond motifs is 1. The van der Waals surface area contributed by atoms with Gasteiger partial charge in [-0.3, -0.25) is 0 Å². The Bertz CT molecular complexity index is 559. The van der Waals surface area contributed by atoms with E-state index in [0.717, 1.165) is 36.7 Å². The monoisotopic (exact) mass is 242 g/mol. The number of imidazole rings is 1. The largest absolute Gasteiger partial charge is 0.508 e. The normalized spacial score (nSPS) is 18.6. The summed E-state index contributed by atoms with van der Waals surface area (Å²) in [4.78, 5) is 4.54. The third-order valence-corrected chi connectivity index (χ3v) is 3.70. The van der Waals surface area contributed by atoms with Gasteiger partial charge in [-0.05, 0) is 36.5 Å². The summed E-state index contributed by atoms with van der Waals surface area (Å²) in [6, 6.07) is 7.43. The molecule has 3 heteroatoms. The number of benzene rings is 1. The van der Waals surface area contributed by atoms with Crippen LogP contribution in [0.15, 0.2) is 30.5 Å². The lowest BCUT2D eigenvalue weighted by Gasteiger charge is -2.21. The Kier molecular flexibility index (Phi) is 2.82. The van der Waals surface area contributed by atoms with Crippen molar-refractivity contribution in [1.29, 1.82) is 0 Å². The Morgan fingerprint density at radius 2 is 2.33 bits per heavy atom. The van der Waals surface area contributed by atoms with Gasteiger partial charge in [0.1, 0.15) is 11.6 Å². The molecule has 0 saturated carbocycles. The maximum Gasteiger partial charge on any atom is 0.115 e. The molecule has 94 valence electrons. The topological polar surface area (TPSA) is 38.0 Å². The van der Waals surface area contributed by atoms with E-state index in [0.29, 0.717) is 5.75 Å². The van der Waals surface area contributed by atoms with Gasteiger partial charge in [0.15, 0.2) is 0 Å². The zero-order valence-electron chi connectivity index (χ0n) is 10.6. The lowest BCUT2D eigenvalue weighted by atomic mass is 9.98. The molecule has 2 heterocycles. The molecule has 1 aliphatic rings. The summed E-state index contributed by atoms with van der Waals surface area (Å²) < 4.78 is 2.34. The SMILES string of the molecule is CC1CCn2c(cnc2Cc2cccc(O)c2)C1. The summed E-state index contributed by atoms with van der Waals surface area (Å²) in [6.07, 6.45) is 5.17. The van der Waals surface area contributed by atoms with Crippen molar-refractivity contribution >= 4 is 0 Å². The van der Waals surface area contributed by atoms with Crippen molar-refractivity contribution in [3.05, 3.63) is 47.5 Å². The molecular weight excluding hydrogens is 224 g/mol. The van der Waals surface area contributed by atoms with Crippen LogP contribution in [0.5, 0.6) is 5.75 Å². The van der Waals surface area contributed by atoms with Gasteiger partial charge in [-0.25, -0.2) is 4.98 Å². The molecule has 1 aromatic heterocycles. The van der Waals surface area contributed by atoms with Gasteiger partial charge >= 0.3 is 0 Å². The zero-order chi connectivity index (χ0) is 12.5. The van der Waals surface area contributed by atoms with Gasteiger partial charge in [0.2, 0.25) is 0 Å². The van der Waals surface area contributed by atoms with E-state index in [4.69, 9.17) is 0 Å². The van der Waals surface area contributed by atoms with Crippen LogP contribution in [0.1, 0.15) is 30.4 Å². The average Bonchev–Trinajstić information content (AvgIpc) is 2.72. The molecule has 0 saturated heterocycles. The molecule has 0 spiro atoms. The van der Waals surface area contributed by atoms with Crippen LogP contribution in [0.2, 0.25) is 0 Å². The lowest BCUT2D eigenvalue weighted by Crippen LogP contribution is -2.18. The highest BCUT2D eigenvalue weighted by Crippen LogP contribution is 2.23. The second-order valence-electron chi connectivity index (χ2n) is 5.26. The lowest BCUT2D eigenvalue weighted by molar-refractivity contribution is 0.410. The number of aromatic hydroxyl groups is 1. The first-order valence-corrected chi connectivity index (χ1v) is 6.53. The minimum absolute atomic E-state index is 0.326.